The molecule has 35 heavy (non-hydrogen) atoms. The van der Waals surface area contributed by atoms with E-state index in [-0.39, 0.29) is 10.3 Å². The van der Waals surface area contributed by atoms with Crippen molar-refractivity contribution in [2.24, 2.45) is 0 Å². The van der Waals surface area contributed by atoms with E-state index in [1.165, 1.54) is 18.6 Å². The monoisotopic (exact) mass is 518 g/mol. The predicted octanol–water partition coefficient (Wildman–Crippen LogP) is 1.73. The Hall–Kier alpha value is -3.23. The van der Waals surface area contributed by atoms with Crippen LogP contribution in [0.1, 0.15) is 41.3 Å². The van der Waals surface area contributed by atoms with Crippen molar-refractivity contribution in [1.29, 1.82) is 0 Å². The van der Waals surface area contributed by atoms with E-state index in [2.05, 4.69) is 35.2 Å². The molecule has 1 unspecified atom stereocenters. The smallest absolute Gasteiger partial charge is 0.282 e. The minimum absolute atomic E-state index is 0.151. The van der Waals surface area contributed by atoms with Gasteiger partial charge < -0.3 is 15.0 Å². The van der Waals surface area contributed by atoms with E-state index < -0.39 is 22.0 Å². The maximum absolute atomic E-state index is 13.0. The van der Waals surface area contributed by atoms with Crippen molar-refractivity contribution in [3.8, 4) is 16.6 Å². The first-order valence-electron chi connectivity index (χ1n) is 11.0. The molecule has 2 N–H and O–H groups in total. The molecule has 1 atom stereocenters. The van der Waals surface area contributed by atoms with Gasteiger partial charge in [0, 0.05) is 12.7 Å². The zero-order valence-corrected chi connectivity index (χ0v) is 21.1. The summed E-state index contributed by atoms with van der Waals surface area (Å²) in [5.41, 5.74) is 1.38. The number of nitrogens with one attached hydrogen (secondary N) is 2. The molecule has 1 amide bonds. The zero-order valence-electron chi connectivity index (χ0n) is 19.5. The highest BCUT2D eigenvalue weighted by Gasteiger charge is 2.35. The van der Waals surface area contributed by atoms with Crippen LogP contribution in [-0.2, 0) is 10.0 Å². The lowest BCUT2D eigenvalue weighted by molar-refractivity contribution is 0.0927. The Bertz CT molecular complexity index is 1290. The molecule has 0 aliphatic heterocycles. The van der Waals surface area contributed by atoms with Gasteiger partial charge in [-0.15, -0.1) is 10.2 Å². The Morgan fingerprint density at radius 2 is 2.09 bits per heavy atom. The third kappa shape index (κ3) is 6.46. The molecule has 186 valence electrons. The van der Waals surface area contributed by atoms with Crippen molar-refractivity contribution in [3.05, 3.63) is 41.4 Å². The van der Waals surface area contributed by atoms with Crippen molar-refractivity contribution in [3.63, 3.8) is 0 Å². The van der Waals surface area contributed by atoms with Crippen LogP contribution in [0.2, 0.25) is 0 Å². The SMILES string of the molecule is CCOc1cncc(-c2nnc(C(=O)NC(CN(C)C)c3cc(NS(=O)(=O)C4CC4)ccn3)s2)n1. The first-order chi connectivity index (χ1) is 16.7. The number of aromatic nitrogens is 5. The highest BCUT2D eigenvalue weighted by atomic mass is 32.2. The Kier molecular flexibility index (Phi) is 7.52. The molecule has 1 fully saturated rings. The number of carbonyl (C=O) groups is 1. The lowest BCUT2D eigenvalue weighted by atomic mass is 10.1. The summed E-state index contributed by atoms with van der Waals surface area (Å²) < 4.78 is 32.6. The number of anilines is 1. The number of nitrogens with zero attached hydrogens (tertiary/aromatic N) is 6. The fraction of sp³-hybridized carbons (Fsp3) is 0.429. The molecule has 0 spiro atoms. The van der Waals surface area contributed by atoms with Gasteiger partial charge in [-0.3, -0.25) is 19.5 Å². The number of carbonyl (C=O) groups excluding carboxylic acids is 1. The van der Waals surface area contributed by atoms with Crippen molar-refractivity contribution in [2.75, 3.05) is 32.0 Å². The van der Waals surface area contributed by atoms with Gasteiger partial charge in [0.1, 0.15) is 5.69 Å². The van der Waals surface area contributed by atoms with Gasteiger partial charge in [0.2, 0.25) is 20.9 Å². The van der Waals surface area contributed by atoms with Crippen molar-refractivity contribution >= 4 is 33.0 Å². The molecule has 3 aromatic rings. The minimum Gasteiger partial charge on any atom is -0.477 e. The lowest BCUT2D eigenvalue weighted by Gasteiger charge is -2.22. The molecule has 3 aromatic heterocycles. The Morgan fingerprint density at radius 1 is 1.29 bits per heavy atom. The number of ether oxygens (including phenoxy) is 1. The average Bonchev–Trinajstić information content (AvgIpc) is 3.57. The van der Waals surface area contributed by atoms with Gasteiger partial charge in [-0.25, -0.2) is 13.4 Å². The molecular formula is C21H26N8O4S2. The normalized spacial score (nSPS) is 14.5. The number of hydrogen-bond donors (Lipinski definition) is 2. The van der Waals surface area contributed by atoms with E-state index in [1.807, 2.05) is 25.9 Å². The fourth-order valence-corrected chi connectivity index (χ4v) is 5.29. The van der Waals surface area contributed by atoms with E-state index >= 15 is 0 Å². The molecule has 1 saturated carbocycles. The van der Waals surface area contributed by atoms with Crippen LogP contribution < -0.4 is 14.8 Å². The molecule has 0 bridgehead atoms. The van der Waals surface area contributed by atoms with Crippen LogP contribution >= 0.6 is 11.3 Å². The zero-order chi connectivity index (χ0) is 25.0. The van der Waals surface area contributed by atoms with Crippen LogP contribution in [-0.4, -0.2) is 76.9 Å². The van der Waals surface area contributed by atoms with Crippen molar-refractivity contribution < 1.29 is 17.9 Å². The fourth-order valence-electron chi connectivity index (χ4n) is 3.21. The van der Waals surface area contributed by atoms with E-state index in [0.29, 0.717) is 54.0 Å². The molecular weight excluding hydrogens is 492 g/mol. The Labute approximate surface area is 207 Å². The second-order valence-electron chi connectivity index (χ2n) is 8.19. The van der Waals surface area contributed by atoms with Gasteiger partial charge in [0.25, 0.3) is 5.91 Å². The van der Waals surface area contributed by atoms with E-state index in [9.17, 15) is 13.2 Å². The first-order valence-corrected chi connectivity index (χ1v) is 13.3. The molecule has 12 nitrogen and oxygen atoms in total. The summed E-state index contributed by atoms with van der Waals surface area (Å²) in [6.07, 6.45) is 5.87. The van der Waals surface area contributed by atoms with Gasteiger partial charge >= 0.3 is 0 Å². The van der Waals surface area contributed by atoms with Crippen LogP contribution in [0.3, 0.4) is 0 Å². The van der Waals surface area contributed by atoms with Gasteiger partial charge in [-0.05, 0) is 46.0 Å². The number of hydrogen-bond acceptors (Lipinski definition) is 11. The molecule has 0 saturated heterocycles. The van der Waals surface area contributed by atoms with Gasteiger partial charge in [-0.2, -0.15) is 0 Å². The summed E-state index contributed by atoms with van der Waals surface area (Å²) in [6.45, 7) is 2.73. The quantitative estimate of drug-likeness (QED) is 0.384. The van der Waals surface area contributed by atoms with E-state index in [0.717, 1.165) is 11.3 Å². The number of sulfonamides is 1. The van der Waals surface area contributed by atoms with Gasteiger partial charge in [-0.1, -0.05) is 11.3 Å². The molecule has 0 aromatic carbocycles. The third-order valence-electron chi connectivity index (χ3n) is 4.96. The third-order valence-corrected chi connectivity index (χ3v) is 7.77. The second kappa shape index (κ2) is 10.6. The number of rotatable bonds is 11. The van der Waals surface area contributed by atoms with Crippen LogP contribution in [0.4, 0.5) is 5.69 Å². The highest BCUT2D eigenvalue weighted by molar-refractivity contribution is 7.93. The highest BCUT2D eigenvalue weighted by Crippen LogP contribution is 2.30. The van der Waals surface area contributed by atoms with Crippen LogP contribution in [0.15, 0.2) is 30.7 Å². The predicted molar refractivity (Wildman–Crippen MR) is 131 cm³/mol. The lowest BCUT2D eigenvalue weighted by Crippen LogP contribution is -2.35. The molecule has 4 rings (SSSR count). The van der Waals surface area contributed by atoms with Crippen LogP contribution in [0, 0.1) is 0 Å². The minimum atomic E-state index is -3.41. The Morgan fingerprint density at radius 3 is 2.80 bits per heavy atom. The van der Waals surface area contributed by atoms with E-state index in [4.69, 9.17) is 4.74 Å². The van der Waals surface area contributed by atoms with E-state index in [1.54, 1.807) is 12.1 Å². The summed E-state index contributed by atoms with van der Waals surface area (Å²) in [5, 5.41) is 11.3. The van der Waals surface area contributed by atoms with Gasteiger partial charge in [0.05, 0.1) is 41.7 Å². The molecule has 14 heteroatoms. The van der Waals surface area contributed by atoms with Gasteiger partial charge in [0.15, 0.2) is 5.01 Å². The number of amides is 1. The summed E-state index contributed by atoms with van der Waals surface area (Å²) >= 11 is 1.08. The summed E-state index contributed by atoms with van der Waals surface area (Å²) in [5.74, 6) is -0.0687. The van der Waals surface area contributed by atoms with Crippen molar-refractivity contribution in [2.45, 2.75) is 31.1 Å². The molecule has 0 radical (unpaired) electrons. The summed E-state index contributed by atoms with van der Waals surface area (Å²) in [7, 11) is 0.320. The maximum Gasteiger partial charge on any atom is 0.282 e. The maximum atomic E-state index is 13.0. The number of pyridine rings is 1. The summed E-state index contributed by atoms with van der Waals surface area (Å²) in [4.78, 5) is 27.7. The Balaban J connectivity index is 1.51. The largest absolute Gasteiger partial charge is 0.477 e. The van der Waals surface area contributed by atoms with Crippen molar-refractivity contribution in [1.82, 2.24) is 35.4 Å². The van der Waals surface area contributed by atoms with Crippen LogP contribution in [0.5, 0.6) is 5.88 Å². The molecule has 1 aliphatic carbocycles. The average molecular weight is 519 g/mol. The summed E-state index contributed by atoms with van der Waals surface area (Å²) in [6, 6.07) is 2.71. The molecule has 1 aliphatic rings. The first kappa shape index (κ1) is 24.9. The molecule has 3 heterocycles. The number of likely N-dealkylation sites (N-methyl/N-ethyl adjacent to an activating group) is 1. The standard InChI is InChI=1S/C21H26N8O4S2/c1-4-33-18-11-22-10-16(24-18)20-26-27-21(34-20)19(30)25-17(12-29(2)3)15-9-13(7-8-23-15)28-35(31,32)14-5-6-14/h7-11,14,17H,4-6,12H2,1-3H3,(H,23,28)(H,25,30). The topological polar surface area (TPSA) is 152 Å². The second-order valence-corrected chi connectivity index (χ2v) is 11.1. The van der Waals surface area contributed by atoms with Crippen LogP contribution in [0.25, 0.3) is 10.7 Å².